The molecule has 11 heteroatoms. The molecule has 3 rings (SSSR count). The summed E-state index contributed by atoms with van der Waals surface area (Å²) in [5.74, 6) is -1.03. The van der Waals surface area contributed by atoms with E-state index in [1.807, 2.05) is 0 Å². The number of benzene rings is 1. The third-order valence-electron chi connectivity index (χ3n) is 5.18. The molecule has 30 heavy (non-hydrogen) atoms. The normalized spacial score (nSPS) is 19.5. The molecule has 6 N–H and O–H groups in total. The number of anilines is 1. The van der Waals surface area contributed by atoms with Gasteiger partial charge >= 0.3 is 12.1 Å². The minimum absolute atomic E-state index is 0.0788. The minimum atomic E-state index is -4.57. The van der Waals surface area contributed by atoms with Crippen molar-refractivity contribution in [2.24, 2.45) is 5.73 Å². The van der Waals surface area contributed by atoms with Crippen molar-refractivity contribution in [3.05, 3.63) is 34.9 Å². The molecular weight excluding hydrogens is 403 g/mol. The molecule has 0 unspecified atom stereocenters. The fourth-order valence-corrected chi connectivity index (χ4v) is 3.47. The Balaban J connectivity index is 1.86. The summed E-state index contributed by atoms with van der Waals surface area (Å²) >= 11 is 0. The van der Waals surface area contributed by atoms with Gasteiger partial charge in [-0.15, -0.1) is 10.2 Å². The Morgan fingerprint density at radius 3 is 2.60 bits per heavy atom. The molecule has 1 aromatic carbocycles. The van der Waals surface area contributed by atoms with E-state index in [9.17, 15) is 23.1 Å². The maximum Gasteiger partial charge on any atom is 0.416 e. The van der Waals surface area contributed by atoms with Crippen LogP contribution in [-0.4, -0.2) is 45.0 Å². The smallest absolute Gasteiger partial charge is 0.416 e. The Kier molecular flexibility index (Phi) is 6.13. The Labute approximate surface area is 170 Å². The largest absolute Gasteiger partial charge is 0.507 e. The van der Waals surface area contributed by atoms with Crippen molar-refractivity contribution in [2.75, 3.05) is 11.9 Å². The van der Waals surface area contributed by atoms with Crippen LogP contribution in [0.5, 0.6) is 5.75 Å². The molecule has 1 fully saturated rings. The van der Waals surface area contributed by atoms with E-state index in [0.717, 1.165) is 12.1 Å². The first-order valence-electron chi connectivity index (χ1n) is 9.31. The number of carbonyl (C=O) groups is 1. The summed E-state index contributed by atoms with van der Waals surface area (Å²) in [4.78, 5) is 11.0. The van der Waals surface area contributed by atoms with Crippen LogP contribution >= 0.6 is 0 Å². The van der Waals surface area contributed by atoms with Crippen LogP contribution in [0.4, 0.5) is 19.0 Å². The molecule has 162 valence electrons. The number of rotatable bonds is 5. The first-order valence-corrected chi connectivity index (χ1v) is 9.31. The van der Waals surface area contributed by atoms with Crippen molar-refractivity contribution in [1.29, 1.82) is 0 Å². The second kappa shape index (κ2) is 8.44. The summed E-state index contributed by atoms with van der Waals surface area (Å²) in [5, 5.41) is 33.5. The molecule has 0 radical (unpaired) electrons. The molecular formula is C19H22F3N5O3. The second-order valence-corrected chi connectivity index (χ2v) is 7.15. The first-order chi connectivity index (χ1) is 14.1. The summed E-state index contributed by atoms with van der Waals surface area (Å²) in [5.41, 5.74) is 6.46. The number of carboxylic acid groups (broad SMARTS) is 1. The first kappa shape index (κ1) is 21.8. The fourth-order valence-electron chi connectivity index (χ4n) is 3.47. The summed E-state index contributed by atoms with van der Waals surface area (Å²) < 4.78 is 38.5. The standard InChI is InChI=1S/C19H22F3N5O3/c1-9-13(7-23)17(25-11-3-5-14(18(29)30)24-8-11)27-26-16(9)12-4-2-10(6-15(12)28)19(20,21)22/h2,4,6,11,14,24,28H,3,5,7-8,23H2,1H3,(H,25,27)(H,29,30)/t11-,14+/m1/s1. The summed E-state index contributed by atoms with van der Waals surface area (Å²) in [6.07, 6.45) is -3.51. The van der Waals surface area contributed by atoms with Gasteiger partial charge in [0.2, 0.25) is 0 Å². The number of aliphatic carboxylic acids is 1. The van der Waals surface area contributed by atoms with Crippen LogP contribution in [0.1, 0.15) is 29.5 Å². The van der Waals surface area contributed by atoms with Crippen LogP contribution < -0.4 is 16.4 Å². The predicted octanol–water partition coefficient (Wildman–Crippen LogP) is 2.25. The number of aromatic hydroxyl groups is 1. The summed E-state index contributed by atoms with van der Waals surface area (Å²) in [6.45, 7) is 2.22. The number of halogens is 3. The van der Waals surface area contributed by atoms with Gasteiger partial charge in [0.05, 0.1) is 5.56 Å². The highest BCUT2D eigenvalue weighted by atomic mass is 19.4. The highest BCUT2D eigenvalue weighted by molar-refractivity contribution is 5.74. The van der Waals surface area contributed by atoms with Gasteiger partial charge in [-0.3, -0.25) is 4.79 Å². The zero-order chi connectivity index (χ0) is 22.1. The highest BCUT2D eigenvalue weighted by Crippen LogP contribution is 2.37. The molecule has 0 amide bonds. The van der Waals surface area contributed by atoms with Crippen LogP contribution in [0.2, 0.25) is 0 Å². The van der Waals surface area contributed by atoms with E-state index in [1.54, 1.807) is 6.92 Å². The number of piperidine rings is 1. The van der Waals surface area contributed by atoms with Gasteiger partial charge in [-0.1, -0.05) is 0 Å². The van der Waals surface area contributed by atoms with Crippen LogP contribution in [0.3, 0.4) is 0 Å². The molecule has 0 saturated carbocycles. The quantitative estimate of drug-likeness (QED) is 0.493. The summed E-state index contributed by atoms with van der Waals surface area (Å²) in [6, 6.07) is 2.01. The van der Waals surface area contributed by atoms with Crippen LogP contribution in [0, 0.1) is 6.92 Å². The van der Waals surface area contributed by atoms with Crippen molar-refractivity contribution in [1.82, 2.24) is 15.5 Å². The number of nitrogens with two attached hydrogens (primary N) is 1. The van der Waals surface area contributed by atoms with Gasteiger partial charge in [-0.05, 0) is 43.5 Å². The average molecular weight is 425 g/mol. The monoisotopic (exact) mass is 425 g/mol. The minimum Gasteiger partial charge on any atom is -0.507 e. The van der Waals surface area contributed by atoms with E-state index in [4.69, 9.17) is 10.8 Å². The number of carboxylic acids is 1. The molecule has 1 aliphatic rings. The lowest BCUT2D eigenvalue weighted by Crippen LogP contribution is -2.48. The third-order valence-corrected chi connectivity index (χ3v) is 5.18. The molecule has 2 heterocycles. The van der Waals surface area contributed by atoms with Crippen molar-refractivity contribution in [3.8, 4) is 17.0 Å². The van der Waals surface area contributed by atoms with Gasteiger partial charge in [0.15, 0.2) is 5.82 Å². The van der Waals surface area contributed by atoms with Crippen LogP contribution in [0.15, 0.2) is 18.2 Å². The molecule has 1 aromatic heterocycles. The van der Waals surface area contributed by atoms with Gasteiger partial charge in [-0.2, -0.15) is 13.2 Å². The van der Waals surface area contributed by atoms with E-state index in [1.165, 1.54) is 0 Å². The van der Waals surface area contributed by atoms with Gasteiger partial charge in [0, 0.05) is 30.3 Å². The molecule has 1 aliphatic heterocycles. The number of alkyl halides is 3. The van der Waals surface area contributed by atoms with Crippen molar-refractivity contribution in [3.63, 3.8) is 0 Å². The topological polar surface area (TPSA) is 133 Å². The lowest BCUT2D eigenvalue weighted by molar-refractivity contribution is -0.140. The highest BCUT2D eigenvalue weighted by Gasteiger charge is 2.32. The Morgan fingerprint density at radius 2 is 2.07 bits per heavy atom. The second-order valence-electron chi connectivity index (χ2n) is 7.15. The zero-order valence-corrected chi connectivity index (χ0v) is 16.1. The molecule has 0 aliphatic carbocycles. The number of phenolic OH excluding ortho intramolecular Hbond substituents is 1. The predicted molar refractivity (Wildman–Crippen MR) is 103 cm³/mol. The molecule has 2 aromatic rings. The van der Waals surface area contributed by atoms with Gasteiger partial charge < -0.3 is 26.6 Å². The Morgan fingerprint density at radius 1 is 1.33 bits per heavy atom. The number of hydrogen-bond donors (Lipinski definition) is 5. The number of nitrogens with one attached hydrogen (secondary N) is 2. The number of aromatic nitrogens is 2. The lowest BCUT2D eigenvalue weighted by Gasteiger charge is -2.29. The molecule has 1 saturated heterocycles. The zero-order valence-electron chi connectivity index (χ0n) is 16.1. The van der Waals surface area contributed by atoms with E-state index < -0.39 is 29.5 Å². The fraction of sp³-hybridized carbons (Fsp3) is 0.421. The molecule has 0 spiro atoms. The van der Waals surface area contributed by atoms with Crippen LogP contribution in [-0.2, 0) is 17.5 Å². The molecule has 8 nitrogen and oxygen atoms in total. The van der Waals surface area contributed by atoms with Gasteiger partial charge in [-0.25, -0.2) is 0 Å². The SMILES string of the molecule is Cc1c(-c2ccc(C(F)(F)F)cc2O)nnc(N[C@@H]2CC[C@@H](C(=O)O)NC2)c1CN. The maximum absolute atomic E-state index is 12.8. The molecule has 0 bridgehead atoms. The van der Waals surface area contributed by atoms with Crippen molar-refractivity contribution in [2.45, 2.75) is 44.6 Å². The Bertz CT molecular complexity index is 944. The molecule has 2 atom stereocenters. The number of phenols is 1. The van der Waals surface area contributed by atoms with Crippen LogP contribution in [0.25, 0.3) is 11.3 Å². The number of hydrogen-bond acceptors (Lipinski definition) is 7. The van der Waals surface area contributed by atoms with E-state index in [0.29, 0.717) is 42.4 Å². The van der Waals surface area contributed by atoms with Crippen molar-refractivity contribution < 1.29 is 28.2 Å². The number of nitrogens with zero attached hydrogens (tertiary/aromatic N) is 2. The average Bonchev–Trinajstić information content (AvgIpc) is 2.68. The van der Waals surface area contributed by atoms with E-state index >= 15 is 0 Å². The maximum atomic E-state index is 12.8. The Hall–Kier alpha value is -2.92. The van der Waals surface area contributed by atoms with Crippen molar-refractivity contribution >= 4 is 11.8 Å². The third kappa shape index (κ3) is 4.46. The van der Waals surface area contributed by atoms with E-state index in [2.05, 4.69) is 20.8 Å². The van der Waals surface area contributed by atoms with E-state index in [-0.39, 0.29) is 23.8 Å². The van der Waals surface area contributed by atoms with Gasteiger partial charge in [0.25, 0.3) is 0 Å². The van der Waals surface area contributed by atoms with Gasteiger partial charge in [0.1, 0.15) is 17.5 Å². The summed E-state index contributed by atoms with van der Waals surface area (Å²) in [7, 11) is 0. The lowest BCUT2D eigenvalue weighted by atomic mass is 9.99.